The second kappa shape index (κ2) is 2.66. The van der Waals surface area contributed by atoms with Gasteiger partial charge in [0.1, 0.15) is 0 Å². The SMILES string of the molecule is C/C(=N\O)[C@@H]1C[C@H]1c1ccoc1. The van der Waals surface area contributed by atoms with Crippen LogP contribution in [0.3, 0.4) is 0 Å². The van der Waals surface area contributed by atoms with E-state index in [1.807, 2.05) is 13.0 Å². The van der Waals surface area contributed by atoms with Crippen molar-refractivity contribution < 1.29 is 9.62 Å². The summed E-state index contributed by atoms with van der Waals surface area (Å²) in [5.74, 6) is 0.937. The Labute approximate surface area is 70.7 Å². The highest BCUT2D eigenvalue weighted by Crippen LogP contribution is 2.48. The highest BCUT2D eigenvalue weighted by molar-refractivity contribution is 5.87. The lowest BCUT2D eigenvalue weighted by molar-refractivity contribution is 0.316. The fraction of sp³-hybridized carbons (Fsp3) is 0.444. The van der Waals surface area contributed by atoms with Crippen molar-refractivity contribution in [2.45, 2.75) is 19.3 Å². The van der Waals surface area contributed by atoms with Crippen LogP contribution in [0.5, 0.6) is 0 Å². The molecule has 1 fully saturated rings. The van der Waals surface area contributed by atoms with Crippen LogP contribution in [0.4, 0.5) is 0 Å². The molecule has 1 aromatic rings. The van der Waals surface area contributed by atoms with E-state index in [1.54, 1.807) is 12.5 Å². The topological polar surface area (TPSA) is 45.7 Å². The van der Waals surface area contributed by atoms with Gasteiger partial charge >= 0.3 is 0 Å². The van der Waals surface area contributed by atoms with Gasteiger partial charge in [-0.15, -0.1) is 0 Å². The summed E-state index contributed by atoms with van der Waals surface area (Å²) in [5, 5.41) is 11.7. The van der Waals surface area contributed by atoms with Gasteiger partial charge in [-0.3, -0.25) is 0 Å². The van der Waals surface area contributed by atoms with Gasteiger partial charge in [-0.2, -0.15) is 0 Å². The Morgan fingerprint density at radius 1 is 1.75 bits per heavy atom. The van der Waals surface area contributed by atoms with E-state index in [-0.39, 0.29) is 0 Å². The number of nitrogens with zero attached hydrogens (tertiary/aromatic N) is 1. The summed E-state index contributed by atoms with van der Waals surface area (Å²) in [6.07, 6.45) is 4.51. The van der Waals surface area contributed by atoms with Crippen molar-refractivity contribution in [3.63, 3.8) is 0 Å². The normalized spacial score (nSPS) is 28.9. The minimum Gasteiger partial charge on any atom is -0.472 e. The zero-order valence-electron chi connectivity index (χ0n) is 6.90. The quantitative estimate of drug-likeness (QED) is 0.415. The van der Waals surface area contributed by atoms with Gasteiger partial charge in [-0.25, -0.2) is 0 Å². The van der Waals surface area contributed by atoms with E-state index >= 15 is 0 Å². The first-order chi connectivity index (χ1) is 5.83. The number of oxime groups is 1. The van der Waals surface area contributed by atoms with Gasteiger partial charge < -0.3 is 9.62 Å². The molecule has 1 aliphatic rings. The Kier molecular flexibility index (Phi) is 1.64. The molecule has 2 atom stereocenters. The maximum atomic E-state index is 8.53. The van der Waals surface area contributed by atoms with Crippen molar-refractivity contribution in [2.75, 3.05) is 0 Å². The number of hydrogen-bond acceptors (Lipinski definition) is 3. The third-order valence-electron chi connectivity index (χ3n) is 2.46. The standard InChI is InChI=1S/C9H11NO2/c1-6(10-11)8-4-9(8)7-2-3-12-5-7/h2-3,5,8-9,11H,4H2,1H3/b10-6+/t8-,9-/m0/s1. The molecule has 1 N–H and O–H groups in total. The predicted octanol–water partition coefficient (Wildman–Crippen LogP) is 2.23. The van der Waals surface area contributed by atoms with Gasteiger partial charge in [-0.1, -0.05) is 5.16 Å². The van der Waals surface area contributed by atoms with Crippen LogP contribution in [0.15, 0.2) is 28.2 Å². The predicted molar refractivity (Wildman–Crippen MR) is 44.5 cm³/mol. The van der Waals surface area contributed by atoms with Crippen molar-refractivity contribution in [2.24, 2.45) is 11.1 Å². The van der Waals surface area contributed by atoms with Crippen LogP contribution in [0, 0.1) is 5.92 Å². The van der Waals surface area contributed by atoms with Crippen molar-refractivity contribution in [3.8, 4) is 0 Å². The second-order valence-corrected chi connectivity index (χ2v) is 3.25. The fourth-order valence-corrected chi connectivity index (χ4v) is 1.59. The van der Waals surface area contributed by atoms with Crippen LogP contribution in [-0.2, 0) is 0 Å². The second-order valence-electron chi connectivity index (χ2n) is 3.25. The van der Waals surface area contributed by atoms with Crippen LogP contribution >= 0.6 is 0 Å². The van der Waals surface area contributed by atoms with E-state index in [0.29, 0.717) is 11.8 Å². The van der Waals surface area contributed by atoms with Crippen molar-refractivity contribution in [3.05, 3.63) is 24.2 Å². The zero-order valence-corrected chi connectivity index (χ0v) is 6.90. The molecular formula is C9H11NO2. The summed E-state index contributed by atoms with van der Waals surface area (Å²) in [5.41, 5.74) is 2.03. The summed E-state index contributed by atoms with van der Waals surface area (Å²) in [6.45, 7) is 1.85. The Hall–Kier alpha value is -1.25. The Bertz CT molecular complexity index is 289. The third kappa shape index (κ3) is 1.11. The number of rotatable bonds is 2. The van der Waals surface area contributed by atoms with Crippen LogP contribution in [0.2, 0.25) is 0 Å². The van der Waals surface area contributed by atoms with E-state index in [9.17, 15) is 0 Å². The molecule has 2 rings (SSSR count). The van der Waals surface area contributed by atoms with Crippen LogP contribution in [0.25, 0.3) is 0 Å². The molecule has 1 aliphatic carbocycles. The minimum atomic E-state index is 0.424. The fourth-order valence-electron chi connectivity index (χ4n) is 1.59. The lowest BCUT2D eigenvalue weighted by Crippen LogP contribution is -1.95. The molecule has 1 heterocycles. The number of hydrogen-bond donors (Lipinski definition) is 1. The molecule has 0 aliphatic heterocycles. The van der Waals surface area contributed by atoms with Gasteiger partial charge in [0.25, 0.3) is 0 Å². The highest BCUT2D eigenvalue weighted by Gasteiger charge is 2.41. The molecule has 0 radical (unpaired) electrons. The molecule has 0 spiro atoms. The molecule has 1 saturated carbocycles. The van der Waals surface area contributed by atoms with Crippen molar-refractivity contribution in [1.29, 1.82) is 0 Å². The molecule has 3 heteroatoms. The average molecular weight is 165 g/mol. The van der Waals surface area contributed by atoms with E-state index in [4.69, 9.17) is 9.62 Å². The summed E-state index contributed by atoms with van der Waals surface area (Å²) in [7, 11) is 0. The molecule has 3 nitrogen and oxygen atoms in total. The molecule has 0 bridgehead atoms. The minimum absolute atomic E-state index is 0.424. The summed E-state index contributed by atoms with van der Waals surface area (Å²) in [4.78, 5) is 0. The van der Waals surface area contributed by atoms with E-state index in [2.05, 4.69) is 5.16 Å². The maximum Gasteiger partial charge on any atom is 0.0937 e. The molecule has 0 aromatic carbocycles. The van der Waals surface area contributed by atoms with Crippen molar-refractivity contribution in [1.82, 2.24) is 0 Å². The molecule has 0 unspecified atom stereocenters. The smallest absolute Gasteiger partial charge is 0.0937 e. The van der Waals surface area contributed by atoms with Gasteiger partial charge in [0.05, 0.1) is 18.2 Å². The van der Waals surface area contributed by atoms with Gasteiger partial charge in [0.2, 0.25) is 0 Å². The van der Waals surface area contributed by atoms with Crippen molar-refractivity contribution >= 4 is 5.71 Å². The maximum absolute atomic E-state index is 8.53. The van der Waals surface area contributed by atoms with Gasteiger partial charge in [0.15, 0.2) is 0 Å². The molecule has 0 saturated heterocycles. The zero-order chi connectivity index (χ0) is 8.55. The largest absolute Gasteiger partial charge is 0.472 e. The van der Waals surface area contributed by atoms with E-state index < -0.39 is 0 Å². The molecular weight excluding hydrogens is 154 g/mol. The first-order valence-electron chi connectivity index (χ1n) is 4.03. The summed E-state index contributed by atoms with van der Waals surface area (Å²) >= 11 is 0. The molecule has 0 amide bonds. The van der Waals surface area contributed by atoms with Gasteiger partial charge in [-0.05, 0) is 30.9 Å². The average Bonchev–Trinajstić information content (AvgIpc) is 2.71. The van der Waals surface area contributed by atoms with E-state index in [1.165, 1.54) is 5.56 Å². The van der Waals surface area contributed by atoms with Gasteiger partial charge in [0, 0.05) is 5.92 Å². The summed E-state index contributed by atoms with van der Waals surface area (Å²) < 4.78 is 4.98. The molecule has 12 heavy (non-hydrogen) atoms. The number of furan rings is 1. The van der Waals surface area contributed by atoms with E-state index in [0.717, 1.165) is 12.1 Å². The first kappa shape index (κ1) is 7.40. The highest BCUT2D eigenvalue weighted by atomic mass is 16.4. The molecule has 64 valence electrons. The molecule has 1 aromatic heterocycles. The van der Waals surface area contributed by atoms with Crippen LogP contribution in [-0.4, -0.2) is 10.9 Å². The lowest BCUT2D eigenvalue weighted by atomic mass is 10.1. The first-order valence-corrected chi connectivity index (χ1v) is 4.03. The third-order valence-corrected chi connectivity index (χ3v) is 2.46. The van der Waals surface area contributed by atoms with Crippen LogP contribution < -0.4 is 0 Å². The summed E-state index contributed by atoms with van der Waals surface area (Å²) in [6, 6.07) is 1.97. The Balaban J connectivity index is 2.06. The Morgan fingerprint density at radius 3 is 3.17 bits per heavy atom. The van der Waals surface area contributed by atoms with Crippen LogP contribution in [0.1, 0.15) is 24.8 Å². The lowest BCUT2D eigenvalue weighted by Gasteiger charge is -1.93. The Morgan fingerprint density at radius 2 is 2.58 bits per heavy atom. The monoisotopic (exact) mass is 165 g/mol.